The number of benzene rings is 3. The molecule has 3 aromatic carbocycles. The number of hydrogen-bond donors (Lipinski definition) is 1. The van der Waals surface area contributed by atoms with Crippen LogP contribution in [0.2, 0.25) is 10.0 Å². The minimum Gasteiger partial charge on any atom is -0.455 e. The summed E-state index contributed by atoms with van der Waals surface area (Å²) in [4.78, 5) is 12.4. The van der Waals surface area contributed by atoms with E-state index in [0.717, 1.165) is 0 Å². The van der Waals surface area contributed by atoms with E-state index >= 15 is 0 Å². The van der Waals surface area contributed by atoms with Crippen LogP contribution in [-0.2, 0) is 0 Å². The predicted octanol–water partition coefficient (Wildman–Crippen LogP) is 6.18. The number of ether oxygens (including phenoxy) is 1. The number of anilines is 1. The quantitative estimate of drug-likeness (QED) is 0.591. The topological polar surface area (TPSA) is 38.3 Å². The van der Waals surface area contributed by atoms with Crippen molar-refractivity contribution < 1.29 is 13.9 Å². The molecule has 1 amide bonds. The number of amides is 1. The van der Waals surface area contributed by atoms with Gasteiger partial charge in [0, 0.05) is 5.02 Å². The minimum atomic E-state index is -0.711. The van der Waals surface area contributed by atoms with E-state index in [1.807, 2.05) is 18.2 Å². The SMILES string of the molecule is O=C(Nc1cc(Cl)ccc1Oc1ccccc1)c1c(F)cccc1Cl. The van der Waals surface area contributed by atoms with Crippen molar-refractivity contribution in [2.24, 2.45) is 0 Å². The Morgan fingerprint density at radius 1 is 0.960 bits per heavy atom. The summed E-state index contributed by atoms with van der Waals surface area (Å²) in [5.74, 6) is -0.443. The largest absolute Gasteiger partial charge is 0.455 e. The lowest BCUT2D eigenvalue weighted by atomic mass is 10.2. The molecule has 0 saturated carbocycles. The highest BCUT2D eigenvalue weighted by Gasteiger charge is 2.18. The first-order valence-electron chi connectivity index (χ1n) is 7.32. The summed E-state index contributed by atoms with van der Waals surface area (Å²) in [6, 6.07) is 17.9. The average Bonchev–Trinajstić information content (AvgIpc) is 2.58. The lowest BCUT2D eigenvalue weighted by molar-refractivity contribution is 0.102. The highest BCUT2D eigenvalue weighted by molar-refractivity contribution is 6.34. The Hall–Kier alpha value is -2.56. The molecule has 3 rings (SSSR count). The Kier molecular flexibility index (Phi) is 5.22. The predicted molar refractivity (Wildman–Crippen MR) is 97.3 cm³/mol. The monoisotopic (exact) mass is 375 g/mol. The second kappa shape index (κ2) is 7.55. The van der Waals surface area contributed by atoms with E-state index < -0.39 is 11.7 Å². The molecule has 3 nitrogen and oxygen atoms in total. The first-order chi connectivity index (χ1) is 12.0. The van der Waals surface area contributed by atoms with Gasteiger partial charge in [0.1, 0.15) is 11.6 Å². The molecule has 126 valence electrons. The number of rotatable bonds is 4. The van der Waals surface area contributed by atoms with Crippen LogP contribution in [0.3, 0.4) is 0 Å². The van der Waals surface area contributed by atoms with E-state index in [1.54, 1.807) is 24.3 Å². The fourth-order valence-electron chi connectivity index (χ4n) is 2.20. The second-order valence-electron chi connectivity index (χ2n) is 5.11. The highest BCUT2D eigenvalue weighted by Crippen LogP contribution is 2.33. The molecule has 0 spiro atoms. The number of nitrogens with one attached hydrogen (secondary N) is 1. The Bertz CT molecular complexity index is 896. The van der Waals surface area contributed by atoms with Gasteiger partial charge in [-0.25, -0.2) is 4.39 Å². The highest BCUT2D eigenvalue weighted by atomic mass is 35.5. The Balaban J connectivity index is 1.91. The van der Waals surface area contributed by atoms with Crippen molar-refractivity contribution in [3.8, 4) is 11.5 Å². The molecule has 0 aliphatic carbocycles. The molecule has 0 bridgehead atoms. The molecule has 0 saturated heterocycles. The van der Waals surface area contributed by atoms with Gasteiger partial charge in [0.2, 0.25) is 0 Å². The lowest BCUT2D eigenvalue weighted by Crippen LogP contribution is -2.15. The molecule has 0 aliphatic heterocycles. The fourth-order valence-corrected chi connectivity index (χ4v) is 2.62. The summed E-state index contributed by atoms with van der Waals surface area (Å²) < 4.78 is 19.7. The molecule has 3 aromatic rings. The number of carbonyl (C=O) groups is 1. The molecular weight excluding hydrogens is 364 g/mol. The minimum absolute atomic E-state index is 0.0186. The maximum atomic E-state index is 13.9. The zero-order valence-electron chi connectivity index (χ0n) is 12.8. The number of para-hydroxylation sites is 1. The van der Waals surface area contributed by atoms with Crippen LogP contribution in [0, 0.1) is 5.82 Å². The van der Waals surface area contributed by atoms with Gasteiger partial charge < -0.3 is 10.1 Å². The Labute approximate surface area is 154 Å². The molecule has 1 N–H and O–H groups in total. The van der Waals surface area contributed by atoms with E-state index in [1.165, 1.54) is 24.3 Å². The summed E-state index contributed by atoms with van der Waals surface area (Å²) in [5, 5.41) is 3.01. The normalized spacial score (nSPS) is 10.4. The van der Waals surface area contributed by atoms with Crippen LogP contribution in [0.1, 0.15) is 10.4 Å². The average molecular weight is 376 g/mol. The van der Waals surface area contributed by atoms with Crippen LogP contribution < -0.4 is 10.1 Å². The van der Waals surface area contributed by atoms with Gasteiger partial charge in [-0.1, -0.05) is 47.5 Å². The van der Waals surface area contributed by atoms with Crippen molar-refractivity contribution in [2.45, 2.75) is 0 Å². The first-order valence-corrected chi connectivity index (χ1v) is 8.08. The summed E-state index contributed by atoms with van der Waals surface area (Å²) in [6.45, 7) is 0. The third-order valence-corrected chi connectivity index (χ3v) is 3.90. The van der Waals surface area contributed by atoms with Gasteiger partial charge in [0.05, 0.1) is 16.3 Å². The Morgan fingerprint density at radius 2 is 1.72 bits per heavy atom. The Morgan fingerprint density at radius 3 is 2.44 bits per heavy atom. The van der Waals surface area contributed by atoms with Crippen LogP contribution in [-0.4, -0.2) is 5.91 Å². The van der Waals surface area contributed by atoms with Crippen molar-refractivity contribution in [3.05, 3.63) is 88.2 Å². The molecular formula is C19H12Cl2FNO2. The van der Waals surface area contributed by atoms with Crippen LogP contribution >= 0.6 is 23.2 Å². The molecule has 0 heterocycles. The van der Waals surface area contributed by atoms with Gasteiger partial charge in [0.15, 0.2) is 5.75 Å². The summed E-state index contributed by atoms with van der Waals surface area (Å²) in [6.07, 6.45) is 0. The van der Waals surface area contributed by atoms with E-state index in [2.05, 4.69) is 5.32 Å². The smallest absolute Gasteiger partial charge is 0.260 e. The second-order valence-corrected chi connectivity index (χ2v) is 5.95. The number of carbonyl (C=O) groups excluding carboxylic acids is 1. The van der Waals surface area contributed by atoms with Crippen molar-refractivity contribution in [2.75, 3.05) is 5.32 Å². The van der Waals surface area contributed by atoms with Crippen LogP contribution in [0.25, 0.3) is 0 Å². The van der Waals surface area contributed by atoms with Gasteiger partial charge in [0.25, 0.3) is 5.91 Å². The fraction of sp³-hybridized carbons (Fsp3) is 0. The molecule has 25 heavy (non-hydrogen) atoms. The molecule has 0 aliphatic rings. The van der Waals surface area contributed by atoms with Crippen LogP contribution in [0.5, 0.6) is 11.5 Å². The first kappa shape index (κ1) is 17.3. The zero-order chi connectivity index (χ0) is 17.8. The molecule has 0 unspecified atom stereocenters. The van der Waals surface area contributed by atoms with Crippen LogP contribution in [0.15, 0.2) is 66.7 Å². The van der Waals surface area contributed by atoms with Crippen LogP contribution in [0.4, 0.5) is 10.1 Å². The number of hydrogen-bond acceptors (Lipinski definition) is 2. The van der Waals surface area contributed by atoms with Gasteiger partial charge in [-0.3, -0.25) is 4.79 Å². The van der Waals surface area contributed by atoms with Gasteiger partial charge >= 0.3 is 0 Å². The standard InChI is InChI=1S/C19H12Cl2FNO2/c20-12-9-10-17(25-13-5-2-1-3-6-13)16(11-12)23-19(24)18-14(21)7-4-8-15(18)22/h1-11H,(H,23,24). The molecule has 0 radical (unpaired) electrons. The zero-order valence-corrected chi connectivity index (χ0v) is 14.3. The third-order valence-electron chi connectivity index (χ3n) is 3.35. The molecule has 0 atom stereocenters. The van der Waals surface area contributed by atoms with E-state index in [9.17, 15) is 9.18 Å². The third kappa shape index (κ3) is 4.10. The van der Waals surface area contributed by atoms with Crippen molar-refractivity contribution in [1.29, 1.82) is 0 Å². The van der Waals surface area contributed by atoms with Crippen molar-refractivity contribution >= 4 is 34.8 Å². The van der Waals surface area contributed by atoms with E-state index in [0.29, 0.717) is 22.2 Å². The van der Waals surface area contributed by atoms with Gasteiger partial charge in [-0.2, -0.15) is 0 Å². The molecule has 6 heteroatoms. The maximum Gasteiger partial charge on any atom is 0.260 e. The molecule has 0 fully saturated rings. The summed E-state index contributed by atoms with van der Waals surface area (Å²) >= 11 is 11.9. The summed E-state index contributed by atoms with van der Waals surface area (Å²) in [7, 11) is 0. The van der Waals surface area contributed by atoms with E-state index in [-0.39, 0.29) is 10.6 Å². The van der Waals surface area contributed by atoms with Gasteiger partial charge in [-0.15, -0.1) is 0 Å². The number of halogens is 3. The van der Waals surface area contributed by atoms with Gasteiger partial charge in [-0.05, 0) is 42.5 Å². The summed E-state index contributed by atoms with van der Waals surface area (Å²) in [5.41, 5.74) is 0.0653. The molecule has 0 aromatic heterocycles. The lowest BCUT2D eigenvalue weighted by Gasteiger charge is -2.13. The maximum absolute atomic E-state index is 13.9. The van der Waals surface area contributed by atoms with Crippen molar-refractivity contribution in [3.63, 3.8) is 0 Å². The van der Waals surface area contributed by atoms with Crippen molar-refractivity contribution in [1.82, 2.24) is 0 Å². The van der Waals surface area contributed by atoms with E-state index in [4.69, 9.17) is 27.9 Å².